The van der Waals surface area contributed by atoms with Gasteiger partial charge >= 0.3 is 0 Å². The quantitative estimate of drug-likeness (QED) is 0.0834. The summed E-state index contributed by atoms with van der Waals surface area (Å²) in [7, 11) is 3.07. The van der Waals surface area contributed by atoms with Crippen molar-refractivity contribution in [3.8, 4) is 17.3 Å². The molecule has 0 saturated heterocycles. The number of imidazole rings is 1. The Morgan fingerprint density at radius 3 is 2.25 bits per heavy atom. The van der Waals surface area contributed by atoms with Crippen LogP contribution in [0.3, 0.4) is 0 Å². The summed E-state index contributed by atoms with van der Waals surface area (Å²) in [5.74, 6) is -0.0838. The normalized spacial score (nSPS) is 13.8. The molecule has 5 rings (SSSR count). The van der Waals surface area contributed by atoms with Crippen molar-refractivity contribution in [2.45, 2.75) is 77.3 Å². The Morgan fingerprint density at radius 2 is 1.62 bits per heavy atom. The second kappa shape index (κ2) is 17.7. The lowest BCUT2D eigenvalue weighted by Crippen LogP contribution is -2.36. The molecule has 14 heteroatoms. The van der Waals surface area contributed by atoms with Gasteiger partial charge in [-0.25, -0.2) is 9.97 Å². The summed E-state index contributed by atoms with van der Waals surface area (Å²) in [5.41, 5.74) is 1.97. The standard InChI is InChI=1S/C38H45Cl2N7O5/c1-24(2)46-33-31(38(51)47(30-20-28(40)22-45(3)37(30)50)32(33)25-13-15-27(39)16-14-25)44-34(46)29-19-26(21-43-36(29)52-4)35(49)42-18-12-10-8-6-5-7-9-11-17-41-23-48/h13-16,19-24,32H,5-12,17-18H2,1-4H3,(H,41,48)(H,42,49). The monoisotopic (exact) mass is 749 g/mol. The van der Waals surface area contributed by atoms with Crippen LogP contribution in [0.4, 0.5) is 5.69 Å². The molecule has 0 aliphatic carbocycles. The van der Waals surface area contributed by atoms with E-state index in [9.17, 15) is 19.2 Å². The van der Waals surface area contributed by atoms with E-state index in [1.165, 1.54) is 35.0 Å². The molecule has 12 nitrogen and oxygen atoms in total. The van der Waals surface area contributed by atoms with Gasteiger partial charge in [-0.15, -0.1) is 0 Å². The number of carbonyl (C=O) groups is 3. The summed E-state index contributed by atoms with van der Waals surface area (Å²) < 4.78 is 8.93. The van der Waals surface area contributed by atoms with Crippen molar-refractivity contribution in [2.75, 3.05) is 25.1 Å². The lowest BCUT2D eigenvalue weighted by Gasteiger charge is -2.28. The molecule has 0 saturated carbocycles. The summed E-state index contributed by atoms with van der Waals surface area (Å²) in [6.07, 6.45) is 12.2. The number of carbonyl (C=O) groups excluding carboxylic acids is 3. The number of unbranched alkanes of at least 4 members (excludes halogenated alkanes) is 7. The Bertz CT molecular complexity index is 1960. The van der Waals surface area contributed by atoms with Crippen LogP contribution in [0.2, 0.25) is 10.0 Å². The number of anilines is 1. The average molecular weight is 751 g/mol. The highest BCUT2D eigenvalue weighted by atomic mass is 35.5. The van der Waals surface area contributed by atoms with Crippen molar-refractivity contribution in [1.29, 1.82) is 0 Å². The molecular formula is C38H45Cl2N7O5. The number of aryl methyl sites for hydroxylation is 1. The molecule has 3 aromatic heterocycles. The molecule has 1 aromatic carbocycles. The Hall–Kier alpha value is -4.68. The summed E-state index contributed by atoms with van der Waals surface area (Å²) in [6, 6.07) is 9.33. The first-order valence-electron chi connectivity index (χ1n) is 17.6. The highest BCUT2D eigenvalue weighted by Gasteiger charge is 2.46. The fraction of sp³-hybridized carbons (Fsp3) is 0.421. The molecule has 0 spiro atoms. The van der Waals surface area contributed by atoms with Crippen LogP contribution in [-0.4, -0.2) is 57.5 Å². The Kier molecular flexibility index (Phi) is 13.1. The summed E-state index contributed by atoms with van der Waals surface area (Å²) >= 11 is 12.7. The molecule has 4 aromatic rings. The molecule has 0 fully saturated rings. The average Bonchev–Trinajstić information content (AvgIpc) is 3.65. The molecule has 4 heterocycles. The molecule has 1 unspecified atom stereocenters. The fourth-order valence-corrected chi connectivity index (χ4v) is 7.01. The molecule has 3 amide bonds. The number of amides is 3. The first-order chi connectivity index (χ1) is 25.1. The van der Waals surface area contributed by atoms with E-state index in [0.717, 1.165) is 64.3 Å². The highest BCUT2D eigenvalue weighted by Crippen LogP contribution is 2.45. The van der Waals surface area contributed by atoms with E-state index >= 15 is 0 Å². The van der Waals surface area contributed by atoms with Crippen LogP contribution in [0.15, 0.2) is 53.6 Å². The maximum absolute atomic E-state index is 14.4. The van der Waals surface area contributed by atoms with Crippen LogP contribution < -0.4 is 25.8 Å². The van der Waals surface area contributed by atoms with Crippen LogP contribution in [-0.2, 0) is 11.8 Å². The number of benzene rings is 1. The third kappa shape index (κ3) is 8.50. The topological polar surface area (TPSA) is 140 Å². The number of rotatable bonds is 18. The van der Waals surface area contributed by atoms with Crippen molar-refractivity contribution < 1.29 is 19.1 Å². The van der Waals surface area contributed by atoms with E-state index in [2.05, 4.69) is 15.6 Å². The zero-order valence-corrected chi connectivity index (χ0v) is 31.5. The Balaban J connectivity index is 1.40. The zero-order valence-electron chi connectivity index (χ0n) is 30.0. The molecule has 0 bridgehead atoms. The van der Waals surface area contributed by atoms with Gasteiger partial charge in [0.05, 0.1) is 29.0 Å². The van der Waals surface area contributed by atoms with Crippen molar-refractivity contribution in [1.82, 2.24) is 29.7 Å². The first kappa shape index (κ1) is 38.5. The minimum atomic E-state index is -0.745. The summed E-state index contributed by atoms with van der Waals surface area (Å²) in [4.78, 5) is 62.2. The minimum absolute atomic E-state index is 0.118. The number of ether oxygens (including phenoxy) is 1. The number of halogens is 2. The number of fused-ring (bicyclic) bond motifs is 1. The Morgan fingerprint density at radius 1 is 0.962 bits per heavy atom. The number of methoxy groups -OCH3 is 1. The zero-order chi connectivity index (χ0) is 37.4. The van der Waals surface area contributed by atoms with Crippen LogP contribution in [0.1, 0.15) is 109 Å². The van der Waals surface area contributed by atoms with E-state index in [1.54, 1.807) is 25.2 Å². The highest BCUT2D eigenvalue weighted by molar-refractivity contribution is 6.31. The summed E-state index contributed by atoms with van der Waals surface area (Å²) in [5, 5.41) is 6.52. The van der Waals surface area contributed by atoms with Gasteiger partial charge in [-0.2, -0.15) is 0 Å². The van der Waals surface area contributed by atoms with Crippen molar-refractivity contribution in [3.63, 3.8) is 0 Å². The number of nitrogens with one attached hydrogen (secondary N) is 2. The molecule has 2 N–H and O–H groups in total. The lowest BCUT2D eigenvalue weighted by atomic mass is 10.0. The van der Waals surface area contributed by atoms with Crippen LogP contribution in [0.25, 0.3) is 11.4 Å². The number of pyridine rings is 2. The van der Waals surface area contributed by atoms with Gasteiger partial charge in [-0.1, -0.05) is 73.9 Å². The maximum atomic E-state index is 14.4. The predicted octanol–water partition coefficient (Wildman–Crippen LogP) is 6.89. The molecule has 1 aliphatic heterocycles. The Labute approximate surface area is 313 Å². The van der Waals surface area contributed by atoms with Crippen molar-refractivity contribution >= 4 is 47.1 Å². The van der Waals surface area contributed by atoms with Crippen molar-refractivity contribution in [3.05, 3.63) is 91.7 Å². The van der Waals surface area contributed by atoms with Crippen LogP contribution in [0.5, 0.6) is 5.88 Å². The molecule has 1 aliphatic rings. The molecule has 1 atom stereocenters. The molecule has 0 radical (unpaired) electrons. The number of nitrogens with zero attached hydrogens (tertiary/aromatic N) is 5. The number of aromatic nitrogens is 4. The van der Waals surface area contributed by atoms with E-state index in [-0.39, 0.29) is 34.8 Å². The van der Waals surface area contributed by atoms with Gasteiger partial charge in [0.2, 0.25) is 12.3 Å². The van der Waals surface area contributed by atoms with E-state index in [4.69, 9.17) is 32.9 Å². The largest absolute Gasteiger partial charge is 0.480 e. The second-order valence-corrected chi connectivity index (χ2v) is 14.0. The minimum Gasteiger partial charge on any atom is -0.480 e. The number of hydrogen-bond acceptors (Lipinski definition) is 7. The van der Waals surface area contributed by atoms with Gasteiger partial charge in [0, 0.05) is 43.6 Å². The lowest BCUT2D eigenvalue weighted by molar-refractivity contribution is -0.109. The third-order valence-corrected chi connectivity index (χ3v) is 9.60. The first-order valence-corrected chi connectivity index (χ1v) is 18.4. The SMILES string of the molecule is COc1ncc(C(=O)NCCCCCCCCCCNC=O)cc1-c1nc2c(n1C(C)C)C(c1ccc(Cl)cc1)N(c1cc(Cl)cn(C)c1=O)C2=O. The van der Waals surface area contributed by atoms with Gasteiger partial charge < -0.3 is 24.5 Å². The van der Waals surface area contributed by atoms with Gasteiger partial charge in [0.25, 0.3) is 17.4 Å². The number of hydrogen-bond donors (Lipinski definition) is 2. The van der Waals surface area contributed by atoms with Crippen LogP contribution >= 0.6 is 23.2 Å². The van der Waals surface area contributed by atoms with Gasteiger partial charge in [0.1, 0.15) is 17.6 Å². The predicted molar refractivity (Wildman–Crippen MR) is 203 cm³/mol. The maximum Gasteiger partial charge on any atom is 0.279 e. The van der Waals surface area contributed by atoms with Crippen molar-refractivity contribution in [2.24, 2.45) is 7.05 Å². The van der Waals surface area contributed by atoms with E-state index in [0.29, 0.717) is 44.8 Å². The molecular weight excluding hydrogens is 705 g/mol. The fourth-order valence-electron chi connectivity index (χ4n) is 6.63. The second-order valence-electron chi connectivity index (χ2n) is 13.2. The van der Waals surface area contributed by atoms with E-state index in [1.807, 2.05) is 30.5 Å². The smallest absolute Gasteiger partial charge is 0.279 e. The molecule has 276 valence electrons. The van der Waals surface area contributed by atoms with Gasteiger partial charge in [-0.3, -0.25) is 24.1 Å². The summed E-state index contributed by atoms with van der Waals surface area (Å²) in [6.45, 7) is 5.21. The van der Waals surface area contributed by atoms with E-state index < -0.39 is 11.9 Å². The van der Waals surface area contributed by atoms with Gasteiger partial charge in [0.15, 0.2) is 5.69 Å². The third-order valence-electron chi connectivity index (χ3n) is 9.14. The van der Waals surface area contributed by atoms with Gasteiger partial charge in [-0.05, 0) is 56.5 Å². The van der Waals surface area contributed by atoms with Crippen LogP contribution in [0, 0.1) is 0 Å². The molecule has 52 heavy (non-hydrogen) atoms.